The Bertz CT molecular complexity index is 313. The molecule has 0 amide bonds. The third-order valence-corrected chi connectivity index (χ3v) is 1.21. The summed E-state index contributed by atoms with van der Waals surface area (Å²) in [7, 11) is 0. The van der Waals surface area contributed by atoms with Crippen LogP contribution >= 0.6 is 12.2 Å². The van der Waals surface area contributed by atoms with Crippen molar-refractivity contribution in [2.75, 3.05) is 0 Å². The van der Waals surface area contributed by atoms with Gasteiger partial charge in [0.1, 0.15) is 0 Å². The fourth-order valence-corrected chi connectivity index (χ4v) is 0.760. The Hall–Kier alpha value is -1.30. The number of carboxylic acid groups (broad SMARTS) is 1. The summed E-state index contributed by atoms with van der Waals surface area (Å²) in [6.45, 7) is 0. The number of hydrogen-bond acceptors (Lipinski definition) is 3. The number of carbonyl (C=O) groups is 1. The van der Waals surface area contributed by atoms with Crippen molar-refractivity contribution in [2.24, 2.45) is 0 Å². The lowest BCUT2D eigenvalue weighted by Gasteiger charge is -1.86. The number of aromatic hydroxyl groups is 1. The van der Waals surface area contributed by atoms with Gasteiger partial charge in [0, 0.05) is 0 Å². The van der Waals surface area contributed by atoms with Crippen molar-refractivity contribution in [1.82, 2.24) is 9.55 Å². The third-order valence-electron chi connectivity index (χ3n) is 0.911. The van der Waals surface area contributed by atoms with Gasteiger partial charge in [0.15, 0.2) is 4.77 Å². The molecule has 0 saturated heterocycles. The molecule has 3 N–H and O–H groups in total. The van der Waals surface area contributed by atoms with Gasteiger partial charge >= 0.3 is 6.09 Å². The van der Waals surface area contributed by atoms with Gasteiger partial charge in [0.2, 0.25) is 5.88 Å². The van der Waals surface area contributed by atoms with E-state index in [0.717, 1.165) is 6.20 Å². The molecule has 0 aliphatic carbocycles. The Morgan fingerprint density at radius 3 is 2.60 bits per heavy atom. The van der Waals surface area contributed by atoms with Crippen LogP contribution in [0, 0.1) is 4.77 Å². The number of hydrogen-bond donors (Lipinski definition) is 3. The van der Waals surface area contributed by atoms with Gasteiger partial charge in [-0.2, -0.15) is 0 Å². The van der Waals surface area contributed by atoms with Gasteiger partial charge in [-0.15, -0.1) is 0 Å². The molecule has 0 aromatic carbocycles. The molecule has 0 fully saturated rings. The van der Waals surface area contributed by atoms with Gasteiger partial charge in [-0.25, -0.2) is 9.36 Å². The minimum atomic E-state index is -1.22. The molecule has 0 bridgehead atoms. The maximum atomic E-state index is 10.2. The number of nitrogens with one attached hydrogen (secondary N) is 1. The Kier molecular flexibility index (Phi) is 1.46. The van der Waals surface area contributed by atoms with Crippen LogP contribution in [0.2, 0.25) is 0 Å². The monoisotopic (exact) mass is 160 g/mol. The van der Waals surface area contributed by atoms with E-state index in [0.29, 0.717) is 4.57 Å². The molecular formula is C4H4N2O3S. The first-order valence-corrected chi connectivity index (χ1v) is 2.76. The molecule has 10 heavy (non-hydrogen) atoms. The van der Waals surface area contributed by atoms with Crippen LogP contribution in [0.4, 0.5) is 4.79 Å². The first-order chi connectivity index (χ1) is 4.61. The molecule has 0 saturated carbocycles. The number of rotatable bonds is 0. The summed E-state index contributed by atoms with van der Waals surface area (Å²) in [6, 6.07) is 0. The lowest BCUT2D eigenvalue weighted by atomic mass is 10.8. The second-order valence-electron chi connectivity index (χ2n) is 1.60. The molecular weight excluding hydrogens is 156 g/mol. The minimum absolute atomic E-state index is 0.0370. The van der Waals surface area contributed by atoms with Crippen molar-refractivity contribution < 1.29 is 15.0 Å². The molecule has 6 heteroatoms. The van der Waals surface area contributed by atoms with Crippen LogP contribution in [-0.4, -0.2) is 25.9 Å². The highest BCUT2D eigenvalue weighted by Gasteiger charge is 2.03. The quantitative estimate of drug-likeness (QED) is 0.490. The Morgan fingerprint density at radius 1 is 1.80 bits per heavy atom. The number of H-pyrrole nitrogens is 1. The van der Waals surface area contributed by atoms with Gasteiger partial charge in [-0.05, 0) is 12.2 Å². The predicted molar refractivity (Wildman–Crippen MR) is 34.7 cm³/mol. The zero-order chi connectivity index (χ0) is 7.72. The molecule has 1 heterocycles. The molecule has 0 aliphatic heterocycles. The highest BCUT2D eigenvalue weighted by atomic mass is 32.1. The van der Waals surface area contributed by atoms with Crippen LogP contribution < -0.4 is 0 Å². The summed E-state index contributed by atoms with van der Waals surface area (Å²) in [5, 5.41) is 17.0. The molecule has 1 aromatic rings. The average Bonchev–Trinajstić information content (AvgIpc) is 2.10. The van der Waals surface area contributed by atoms with Crippen molar-refractivity contribution in [3.63, 3.8) is 0 Å². The number of aromatic nitrogens is 2. The molecule has 5 nitrogen and oxygen atoms in total. The Labute approximate surface area is 60.5 Å². The predicted octanol–water partition coefficient (Wildman–Crippen LogP) is 0.777. The van der Waals surface area contributed by atoms with E-state index in [4.69, 9.17) is 10.2 Å². The van der Waals surface area contributed by atoms with E-state index < -0.39 is 6.09 Å². The van der Waals surface area contributed by atoms with Crippen molar-refractivity contribution in [1.29, 1.82) is 0 Å². The molecule has 0 radical (unpaired) electrons. The second kappa shape index (κ2) is 2.14. The first-order valence-electron chi connectivity index (χ1n) is 2.35. The van der Waals surface area contributed by atoms with Crippen LogP contribution in [0.15, 0.2) is 6.20 Å². The van der Waals surface area contributed by atoms with Crippen molar-refractivity contribution in [3.05, 3.63) is 11.0 Å². The molecule has 54 valence electrons. The molecule has 1 rings (SSSR count). The lowest BCUT2D eigenvalue weighted by Crippen LogP contribution is -2.05. The topological polar surface area (TPSA) is 78.2 Å². The second-order valence-corrected chi connectivity index (χ2v) is 1.98. The van der Waals surface area contributed by atoms with Crippen LogP contribution in [-0.2, 0) is 0 Å². The molecule has 0 spiro atoms. The summed E-state index contributed by atoms with van der Waals surface area (Å²) in [5.74, 6) is -0.257. The van der Waals surface area contributed by atoms with Crippen molar-refractivity contribution >= 4 is 18.3 Å². The summed E-state index contributed by atoms with van der Waals surface area (Å²) in [4.78, 5) is 12.4. The third kappa shape index (κ3) is 1.01. The molecule has 0 aliphatic rings. The number of aromatic amines is 1. The fourth-order valence-electron chi connectivity index (χ4n) is 0.525. The van der Waals surface area contributed by atoms with E-state index in [1.807, 2.05) is 0 Å². The highest BCUT2D eigenvalue weighted by Crippen LogP contribution is 2.03. The molecule has 0 unspecified atom stereocenters. The zero-order valence-corrected chi connectivity index (χ0v) is 5.55. The zero-order valence-electron chi connectivity index (χ0n) is 4.74. The molecule has 1 aromatic heterocycles. The Morgan fingerprint density at radius 2 is 2.40 bits per heavy atom. The van der Waals surface area contributed by atoms with Gasteiger partial charge < -0.3 is 15.2 Å². The summed E-state index contributed by atoms with van der Waals surface area (Å²) in [5.41, 5.74) is 0. The van der Waals surface area contributed by atoms with Crippen LogP contribution in [0.25, 0.3) is 0 Å². The fraction of sp³-hybridized carbons (Fsp3) is 0. The molecule has 0 atom stereocenters. The van der Waals surface area contributed by atoms with E-state index in [9.17, 15) is 4.79 Å². The number of imidazole rings is 1. The van der Waals surface area contributed by atoms with Gasteiger partial charge in [0.25, 0.3) is 0 Å². The first kappa shape index (κ1) is 6.81. The van der Waals surface area contributed by atoms with E-state index in [2.05, 4.69) is 17.2 Å². The van der Waals surface area contributed by atoms with Gasteiger partial charge in [-0.1, -0.05) is 0 Å². The highest BCUT2D eigenvalue weighted by molar-refractivity contribution is 7.71. The van der Waals surface area contributed by atoms with Crippen LogP contribution in [0.3, 0.4) is 0 Å². The summed E-state index contributed by atoms with van der Waals surface area (Å²) >= 11 is 4.52. The maximum absolute atomic E-state index is 10.2. The Balaban J connectivity index is 3.29. The smallest absolute Gasteiger partial charge is 0.418 e. The van der Waals surface area contributed by atoms with E-state index in [1.165, 1.54) is 0 Å². The lowest BCUT2D eigenvalue weighted by molar-refractivity contribution is 0.196. The van der Waals surface area contributed by atoms with Crippen LogP contribution in [0.5, 0.6) is 5.88 Å². The van der Waals surface area contributed by atoms with Crippen LogP contribution in [0.1, 0.15) is 0 Å². The minimum Gasteiger partial charge on any atom is -0.493 e. The average molecular weight is 160 g/mol. The van der Waals surface area contributed by atoms with Gasteiger partial charge in [-0.3, -0.25) is 0 Å². The van der Waals surface area contributed by atoms with Crippen molar-refractivity contribution in [2.45, 2.75) is 0 Å². The van der Waals surface area contributed by atoms with E-state index >= 15 is 0 Å². The summed E-state index contributed by atoms with van der Waals surface area (Å²) < 4.78 is 0.676. The van der Waals surface area contributed by atoms with E-state index in [1.54, 1.807) is 0 Å². The maximum Gasteiger partial charge on any atom is 0.418 e. The number of nitrogens with zero attached hydrogens (tertiary/aromatic N) is 1. The standard InChI is InChI=1S/C4H4N2O3S/c7-2-1-6(4(8)9)3(10)5-2/h1,7H,(H,5,10)(H,8,9). The SMILES string of the molecule is O=C(O)n1cc(O)[nH]c1=S. The summed E-state index contributed by atoms with van der Waals surface area (Å²) in [6.07, 6.45) is -0.230. The normalized spacial score (nSPS) is 9.60. The van der Waals surface area contributed by atoms with E-state index in [-0.39, 0.29) is 10.7 Å². The van der Waals surface area contributed by atoms with Crippen molar-refractivity contribution in [3.8, 4) is 5.88 Å². The largest absolute Gasteiger partial charge is 0.493 e. The van der Waals surface area contributed by atoms with Gasteiger partial charge in [0.05, 0.1) is 6.20 Å².